The average Bonchev–Trinajstić information content (AvgIpc) is 3.04. The smallest absolute Gasteiger partial charge is 0.252 e. The van der Waals surface area contributed by atoms with Crippen LogP contribution in [0.3, 0.4) is 0 Å². The van der Waals surface area contributed by atoms with Crippen LogP contribution in [0, 0.1) is 5.92 Å². The van der Waals surface area contributed by atoms with E-state index >= 15 is 0 Å². The summed E-state index contributed by atoms with van der Waals surface area (Å²) in [5.74, 6) is 0.246. The van der Waals surface area contributed by atoms with E-state index in [0.29, 0.717) is 10.8 Å². The fourth-order valence-electron chi connectivity index (χ4n) is 1.44. The molecule has 0 aliphatic heterocycles. The van der Waals surface area contributed by atoms with Crippen LogP contribution in [0.2, 0.25) is 0 Å². The first-order valence-electron chi connectivity index (χ1n) is 5.70. The van der Waals surface area contributed by atoms with Crippen LogP contribution in [0.5, 0.6) is 0 Å². The highest BCUT2D eigenvalue weighted by atomic mass is 32.2. The van der Waals surface area contributed by atoms with Crippen LogP contribution < -0.4 is 5.32 Å². The molecule has 100 valence electrons. The Balaban J connectivity index is 1.99. The molecule has 5 nitrogen and oxygen atoms in total. The summed E-state index contributed by atoms with van der Waals surface area (Å²) in [4.78, 5) is 12.3. The van der Waals surface area contributed by atoms with Crippen molar-refractivity contribution in [2.24, 2.45) is 5.92 Å². The molecule has 1 aromatic rings. The minimum atomic E-state index is -3.36. The molecule has 0 saturated heterocycles. The number of sulfonamides is 1. The van der Waals surface area contributed by atoms with Gasteiger partial charge in [-0.3, -0.25) is 4.79 Å². The molecule has 0 aromatic carbocycles. The molecule has 1 amide bonds. The van der Waals surface area contributed by atoms with Gasteiger partial charge in [-0.25, -0.2) is 12.7 Å². The normalized spacial score (nSPS) is 15.9. The second kappa shape index (κ2) is 4.99. The third-order valence-corrected chi connectivity index (χ3v) is 6.12. The molecule has 0 atom stereocenters. The molecular formula is C11H16N2O3S2. The third kappa shape index (κ3) is 2.90. The van der Waals surface area contributed by atoms with Gasteiger partial charge in [0, 0.05) is 24.9 Å². The lowest BCUT2D eigenvalue weighted by atomic mass is 10.4. The number of rotatable bonds is 5. The lowest BCUT2D eigenvalue weighted by molar-refractivity contribution is -0.122. The van der Waals surface area contributed by atoms with Crippen molar-refractivity contribution in [2.75, 3.05) is 14.1 Å². The second-order valence-electron chi connectivity index (χ2n) is 4.50. The van der Waals surface area contributed by atoms with Crippen molar-refractivity contribution in [3.05, 3.63) is 17.0 Å². The maximum atomic E-state index is 11.9. The summed E-state index contributed by atoms with van der Waals surface area (Å²) in [6, 6.07) is 3.33. The van der Waals surface area contributed by atoms with Gasteiger partial charge in [-0.1, -0.05) is 0 Å². The van der Waals surface area contributed by atoms with Crippen molar-refractivity contribution >= 4 is 27.3 Å². The first-order valence-corrected chi connectivity index (χ1v) is 7.96. The first-order chi connectivity index (χ1) is 8.41. The molecule has 2 rings (SSSR count). The molecular weight excluding hydrogens is 272 g/mol. The van der Waals surface area contributed by atoms with E-state index in [1.165, 1.54) is 29.7 Å². The summed E-state index contributed by atoms with van der Waals surface area (Å²) in [7, 11) is -0.352. The summed E-state index contributed by atoms with van der Waals surface area (Å²) in [6.07, 6.45) is 1.94. The molecule has 0 unspecified atom stereocenters. The van der Waals surface area contributed by atoms with E-state index in [9.17, 15) is 13.2 Å². The molecule has 1 N–H and O–H groups in total. The van der Waals surface area contributed by atoms with Gasteiger partial charge < -0.3 is 5.32 Å². The lowest BCUT2D eigenvalue weighted by Crippen LogP contribution is -2.23. The molecule has 0 bridgehead atoms. The van der Waals surface area contributed by atoms with Gasteiger partial charge in [-0.15, -0.1) is 11.3 Å². The number of carbonyl (C=O) groups excluding carboxylic acids is 1. The van der Waals surface area contributed by atoms with Crippen LogP contribution in [0.4, 0.5) is 0 Å². The van der Waals surface area contributed by atoms with Crippen LogP contribution in [-0.2, 0) is 21.4 Å². The molecule has 0 radical (unpaired) electrons. The minimum absolute atomic E-state index is 0.0698. The molecule has 1 saturated carbocycles. The zero-order valence-electron chi connectivity index (χ0n) is 10.3. The van der Waals surface area contributed by atoms with E-state index in [-0.39, 0.29) is 11.8 Å². The van der Waals surface area contributed by atoms with Crippen molar-refractivity contribution in [3.63, 3.8) is 0 Å². The number of amides is 1. The van der Waals surface area contributed by atoms with Crippen LogP contribution in [0.1, 0.15) is 17.7 Å². The number of carbonyl (C=O) groups is 1. The highest BCUT2D eigenvalue weighted by Crippen LogP contribution is 2.29. The highest BCUT2D eigenvalue weighted by Gasteiger charge is 2.29. The third-order valence-electron chi connectivity index (χ3n) is 2.76. The molecule has 0 spiro atoms. The Morgan fingerprint density at radius 1 is 1.44 bits per heavy atom. The topological polar surface area (TPSA) is 66.5 Å². The van der Waals surface area contributed by atoms with Gasteiger partial charge in [-0.2, -0.15) is 0 Å². The summed E-state index contributed by atoms with van der Waals surface area (Å²) in [6.45, 7) is 0.406. The molecule has 1 heterocycles. The SMILES string of the molecule is CN(C)S(=O)(=O)c1ccc(CNC(=O)C2CC2)s1. The first kappa shape index (κ1) is 13.5. The Labute approximate surface area is 111 Å². The van der Waals surface area contributed by atoms with Gasteiger partial charge in [0.1, 0.15) is 4.21 Å². The fraction of sp³-hybridized carbons (Fsp3) is 0.545. The van der Waals surface area contributed by atoms with Crippen molar-refractivity contribution in [1.29, 1.82) is 0 Å². The predicted octanol–water partition coefficient (Wildman–Crippen LogP) is 1.02. The van der Waals surface area contributed by atoms with Gasteiger partial charge >= 0.3 is 0 Å². The van der Waals surface area contributed by atoms with Crippen molar-refractivity contribution in [3.8, 4) is 0 Å². The maximum Gasteiger partial charge on any atom is 0.252 e. The number of nitrogens with zero attached hydrogens (tertiary/aromatic N) is 1. The van der Waals surface area contributed by atoms with Gasteiger partial charge in [0.25, 0.3) is 10.0 Å². The lowest BCUT2D eigenvalue weighted by Gasteiger charge is -2.08. The minimum Gasteiger partial charge on any atom is -0.351 e. The standard InChI is InChI=1S/C11H16N2O3S2/c1-13(2)18(15,16)10-6-5-9(17-10)7-12-11(14)8-3-4-8/h5-6,8H,3-4,7H2,1-2H3,(H,12,14). The molecule has 18 heavy (non-hydrogen) atoms. The van der Waals surface area contributed by atoms with E-state index in [2.05, 4.69) is 5.32 Å². The fourth-order valence-corrected chi connectivity index (χ4v) is 3.90. The van der Waals surface area contributed by atoms with Gasteiger partial charge in [0.05, 0.1) is 6.54 Å². The van der Waals surface area contributed by atoms with Crippen molar-refractivity contribution in [1.82, 2.24) is 9.62 Å². The molecule has 1 fully saturated rings. The van der Waals surface area contributed by atoms with Crippen LogP contribution in [0.15, 0.2) is 16.3 Å². The van der Waals surface area contributed by atoms with Gasteiger partial charge in [-0.05, 0) is 25.0 Å². The van der Waals surface area contributed by atoms with Crippen LogP contribution >= 0.6 is 11.3 Å². The zero-order valence-corrected chi connectivity index (χ0v) is 12.0. The largest absolute Gasteiger partial charge is 0.351 e. The molecule has 1 aliphatic carbocycles. The van der Waals surface area contributed by atoms with E-state index in [1.54, 1.807) is 12.1 Å². The Morgan fingerprint density at radius 3 is 2.67 bits per heavy atom. The maximum absolute atomic E-state index is 11.9. The van der Waals surface area contributed by atoms with E-state index < -0.39 is 10.0 Å². The molecule has 1 aromatic heterocycles. The highest BCUT2D eigenvalue weighted by molar-refractivity contribution is 7.91. The Morgan fingerprint density at radius 2 is 2.11 bits per heavy atom. The summed E-state index contributed by atoms with van der Waals surface area (Å²) in [5.41, 5.74) is 0. The summed E-state index contributed by atoms with van der Waals surface area (Å²) >= 11 is 1.20. The Bertz CT molecular complexity index is 544. The second-order valence-corrected chi connectivity index (χ2v) is 8.05. The Hall–Kier alpha value is -0.920. The number of hydrogen-bond acceptors (Lipinski definition) is 4. The Kier molecular flexibility index (Phi) is 3.74. The zero-order chi connectivity index (χ0) is 13.3. The van der Waals surface area contributed by atoms with E-state index in [4.69, 9.17) is 0 Å². The monoisotopic (exact) mass is 288 g/mol. The van der Waals surface area contributed by atoms with Crippen molar-refractivity contribution < 1.29 is 13.2 Å². The quantitative estimate of drug-likeness (QED) is 0.880. The van der Waals surface area contributed by atoms with Crippen LogP contribution in [0.25, 0.3) is 0 Å². The molecule has 1 aliphatic rings. The number of nitrogens with one attached hydrogen (secondary N) is 1. The van der Waals surface area contributed by atoms with Gasteiger partial charge in [0.2, 0.25) is 5.91 Å². The van der Waals surface area contributed by atoms with E-state index in [1.807, 2.05) is 0 Å². The predicted molar refractivity (Wildman–Crippen MR) is 69.8 cm³/mol. The van der Waals surface area contributed by atoms with Crippen molar-refractivity contribution in [2.45, 2.75) is 23.6 Å². The number of hydrogen-bond donors (Lipinski definition) is 1. The van der Waals surface area contributed by atoms with E-state index in [0.717, 1.165) is 17.7 Å². The summed E-state index contributed by atoms with van der Waals surface area (Å²) < 4.78 is 25.2. The van der Waals surface area contributed by atoms with Crippen LogP contribution in [-0.4, -0.2) is 32.7 Å². The number of thiophene rings is 1. The average molecular weight is 288 g/mol. The molecule has 7 heteroatoms. The van der Waals surface area contributed by atoms with Gasteiger partial charge in [0.15, 0.2) is 0 Å². The summed E-state index contributed by atoms with van der Waals surface area (Å²) in [5, 5.41) is 2.82.